The third-order valence-electron chi connectivity index (χ3n) is 5.67. The third-order valence-corrected chi connectivity index (χ3v) is 5.67. The van der Waals surface area contributed by atoms with Crippen molar-refractivity contribution in [1.29, 1.82) is 0 Å². The quantitative estimate of drug-likeness (QED) is 0.117. The Morgan fingerprint density at radius 1 is 1.00 bits per heavy atom. The van der Waals surface area contributed by atoms with E-state index in [4.69, 9.17) is 9.47 Å². The molecule has 0 saturated carbocycles. The molecule has 0 bridgehead atoms. The lowest BCUT2D eigenvalue weighted by molar-refractivity contribution is -0.385. The van der Waals surface area contributed by atoms with E-state index in [0.717, 1.165) is 17.1 Å². The van der Waals surface area contributed by atoms with Gasteiger partial charge in [0, 0.05) is 51.0 Å². The van der Waals surface area contributed by atoms with E-state index in [2.05, 4.69) is 16.0 Å². The zero-order valence-electron chi connectivity index (χ0n) is 22.1. The fourth-order valence-corrected chi connectivity index (χ4v) is 3.71. The van der Waals surface area contributed by atoms with Crippen molar-refractivity contribution in [3.63, 3.8) is 0 Å². The average molecular weight is 548 g/mol. The number of amides is 5. The van der Waals surface area contributed by atoms with E-state index >= 15 is 0 Å². The van der Waals surface area contributed by atoms with Crippen LogP contribution in [0, 0.1) is 10.1 Å². The van der Waals surface area contributed by atoms with Gasteiger partial charge in [0.2, 0.25) is 17.7 Å². The Balaban J connectivity index is 1.90. The van der Waals surface area contributed by atoms with Gasteiger partial charge < -0.3 is 25.4 Å². The molecule has 0 radical (unpaired) electrons. The number of nitrogens with one attached hydrogen (secondary N) is 3. The molecule has 1 aromatic carbocycles. The summed E-state index contributed by atoms with van der Waals surface area (Å²) in [6.07, 6.45) is 2.59. The maximum absolute atomic E-state index is 12.4. The Labute approximate surface area is 225 Å². The molecule has 14 nitrogen and oxygen atoms in total. The summed E-state index contributed by atoms with van der Waals surface area (Å²) in [5.41, 5.74) is -0.113. The van der Waals surface area contributed by atoms with Crippen molar-refractivity contribution in [1.82, 2.24) is 20.9 Å². The number of nitrogens with zero attached hydrogens (tertiary/aromatic N) is 2. The molecule has 1 aromatic rings. The second-order valence-corrected chi connectivity index (χ2v) is 8.53. The third kappa shape index (κ3) is 9.39. The Bertz CT molecular complexity index is 1120. The van der Waals surface area contributed by atoms with E-state index in [1.807, 2.05) is 6.92 Å². The Morgan fingerprint density at radius 2 is 1.64 bits per heavy atom. The second-order valence-electron chi connectivity index (χ2n) is 8.53. The molecule has 2 rings (SSSR count). The number of imide groups is 1. The molecule has 0 saturated heterocycles. The lowest BCUT2D eigenvalue weighted by atomic mass is 10.0. The van der Waals surface area contributed by atoms with Crippen molar-refractivity contribution in [2.75, 3.05) is 33.4 Å². The van der Waals surface area contributed by atoms with Gasteiger partial charge in [0.1, 0.15) is 0 Å². The predicted octanol–water partition coefficient (Wildman–Crippen LogP) is 0.897. The molecule has 0 spiro atoms. The molecular formula is C25H33N5O9. The molecular weight excluding hydrogens is 514 g/mol. The minimum absolute atomic E-state index is 0.0129. The van der Waals surface area contributed by atoms with Gasteiger partial charge in [-0.05, 0) is 26.3 Å². The zero-order valence-corrected chi connectivity index (χ0v) is 22.1. The van der Waals surface area contributed by atoms with Crippen molar-refractivity contribution >= 4 is 35.2 Å². The number of nitro groups is 1. The minimum atomic E-state index is -0.790. The molecule has 0 aromatic heterocycles. The molecule has 3 N–H and O–H groups in total. The topological polar surface area (TPSA) is 186 Å². The fraction of sp³-hybridized carbons (Fsp3) is 0.480. The standard InChI is InChI=1S/C25H33N5O9/c1-4-26-21(31)6-5-13-39-20-15-18(30(36)37)17(14-19(20)38-3)16(2)28-23(33)8-7-22(32)27-11-12-29-24(34)9-10-25(29)35/h9-10,14-16H,4-8,11-13H2,1-3H3,(H,26,31)(H,27,32)(H,28,33). The number of carbonyl (C=O) groups is 5. The van der Waals surface area contributed by atoms with Crippen molar-refractivity contribution in [3.8, 4) is 11.5 Å². The summed E-state index contributed by atoms with van der Waals surface area (Å²) in [5, 5.41) is 19.6. The van der Waals surface area contributed by atoms with Crippen LogP contribution >= 0.6 is 0 Å². The second kappa shape index (κ2) is 15.1. The van der Waals surface area contributed by atoms with Crippen LogP contribution in [-0.2, 0) is 24.0 Å². The molecule has 5 amide bonds. The monoisotopic (exact) mass is 547 g/mol. The van der Waals surface area contributed by atoms with E-state index in [-0.39, 0.29) is 67.6 Å². The minimum Gasteiger partial charge on any atom is -0.493 e. The number of rotatable bonds is 16. The Hall–Kier alpha value is -4.49. The van der Waals surface area contributed by atoms with E-state index < -0.39 is 34.6 Å². The van der Waals surface area contributed by atoms with Gasteiger partial charge in [0.25, 0.3) is 17.5 Å². The highest BCUT2D eigenvalue weighted by molar-refractivity contribution is 6.12. The first kappa shape index (κ1) is 30.7. The highest BCUT2D eigenvalue weighted by Crippen LogP contribution is 2.37. The van der Waals surface area contributed by atoms with E-state index in [1.165, 1.54) is 19.2 Å². The van der Waals surface area contributed by atoms with Crippen molar-refractivity contribution < 1.29 is 38.4 Å². The highest BCUT2D eigenvalue weighted by Gasteiger charge is 2.25. The smallest absolute Gasteiger partial charge is 0.278 e. The number of benzene rings is 1. The summed E-state index contributed by atoms with van der Waals surface area (Å²) in [5.74, 6) is -1.64. The van der Waals surface area contributed by atoms with Crippen LogP contribution in [0.2, 0.25) is 0 Å². The lowest BCUT2D eigenvalue weighted by Gasteiger charge is -2.18. The number of methoxy groups -OCH3 is 1. The molecule has 39 heavy (non-hydrogen) atoms. The first-order valence-corrected chi connectivity index (χ1v) is 12.4. The van der Waals surface area contributed by atoms with Crippen molar-refractivity contribution in [2.24, 2.45) is 0 Å². The van der Waals surface area contributed by atoms with Gasteiger partial charge in [-0.15, -0.1) is 0 Å². The van der Waals surface area contributed by atoms with Crippen LogP contribution in [0.4, 0.5) is 5.69 Å². The van der Waals surface area contributed by atoms with E-state index in [9.17, 15) is 34.1 Å². The maximum atomic E-state index is 12.4. The average Bonchev–Trinajstić information content (AvgIpc) is 3.21. The normalized spacial score (nSPS) is 13.2. The molecule has 14 heteroatoms. The number of hydrogen-bond acceptors (Lipinski definition) is 9. The largest absolute Gasteiger partial charge is 0.493 e. The van der Waals surface area contributed by atoms with Gasteiger partial charge in [-0.3, -0.25) is 39.0 Å². The fourth-order valence-electron chi connectivity index (χ4n) is 3.71. The number of ether oxygens (including phenoxy) is 2. The van der Waals surface area contributed by atoms with Gasteiger partial charge in [-0.1, -0.05) is 0 Å². The summed E-state index contributed by atoms with van der Waals surface area (Å²) in [4.78, 5) is 71.2. The first-order chi connectivity index (χ1) is 18.6. The summed E-state index contributed by atoms with van der Waals surface area (Å²) in [6, 6.07) is 1.83. The van der Waals surface area contributed by atoms with Crippen LogP contribution in [0.1, 0.15) is 51.1 Å². The Kier molecular flexibility index (Phi) is 11.9. The molecule has 1 aliphatic heterocycles. The molecule has 1 aliphatic rings. The van der Waals surface area contributed by atoms with Crippen LogP contribution in [0.5, 0.6) is 11.5 Å². The van der Waals surface area contributed by atoms with Crippen LogP contribution in [-0.4, -0.2) is 72.7 Å². The number of carbonyl (C=O) groups excluding carboxylic acids is 5. The van der Waals surface area contributed by atoms with Gasteiger partial charge in [0.05, 0.1) is 36.3 Å². The predicted molar refractivity (Wildman–Crippen MR) is 138 cm³/mol. The summed E-state index contributed by atoms with van der Waals surface area (Å²) in [6.45, 7) is 4.09. The summed E-state index contributed by atoms with van der Waals surface area (Å²) >= 11 is 0. The molecule has 212 valence electrons. The summed E-state index contributed by atoms with van der Waals surface area (Å²) in [7, 11) is 1.38. The molecule has 1 unspecified atom stereocenters. The maximum Gasteiger partial charge on any atom is 0.278 e. The number of nitro benzene ring substituents is 1. The number of hydrogen-bond donors (Lipinski definition) is 3. The van der Waals surface area contributed by atoms with Crippen molar-refractivity contribution in [3.05, 3.63) is 40.0 Å². The van der Waals surface area contributed by atoms with Gasteiger partial charge in [0.15, 0.2) is 11.5 Å². The molecule has 1 atom stereocenters. The van der Waals surface area contributed by atoms with Crippen LogP contribution in [0.15, 0.2) is 24.3 Å². The van der Waals surface area contributed by atoms with Crippen LogP contribution in [0.3, 0.4) is 0 Å². The van der Waals surface area contributed by atoms with E-state index in [1.54, 1.807) is 6.92 Å². The SMILES string of the molecule is CCNC(=O)CCCOc1cc([N+](=O)[O-])c(C(C)NC(=O)CCC(=O)NCCN2C(=O)C=CC2=O)cc1OC. The van der Waals surface area contributed by atoms with Gasteiger partial charge >= 0.3 is 0 Å². The summed E-state index contributed by atoms with van der Waals surface area (Å²) < 4.78 is 10.9. The molecule has 0 fully saturated rings. The van der Waals surface area contributed by atoms with Crippen LogP contribution in [0.25, 0.3) is 0 Å². The van der Waals surface area contributed by atoms with Gasteiger partial charge in [-0.2, -0.15) is 0 Å². The van der Waals surface area contributed by atoms with E-state index in [0.29, 0.717) is 13.0 Å². The molecule has 1 heterocycles. The highest BCUT2D eigenvalue weighted by atomic mass is 16.6. The van der Waals surface area contributed by atoms with Gasteiger partial charge in [-0.25, -0.2) is 0 Å². The van der Waals surface area contributed by atoms with Crippen LogP contribution < -0.4 is 25.4 Å². The first-order valence-electron chi connectivity index (χ1n) is 12.4. The Morgan fingerprint density at radius 3 is 2.26 bits per heavy atom. The lowest BCUT2D eigenvalue weighted by Crippen LogP contribution is -2.38. The van der Waals surface area contributed by atoms with Crippen molar-refractivity contribution in [2.45, 2.75) is 45.6 Å². The zero-order chi connectivity index (χ0) is 28.9. The molecule has 0 aliphatic carbocycles.